The van der Waals surface area contributed by atoms with Gasteiger partial charge in [-0.25, -0.2) is 0 Å². The minimum atomic E-state index is -0.282. The Kier molecular flexibility index (Phi) is 7.40. The predicted molar refractivity (Wildman–Crippen MR) is 134 cm³/mol. The van der Waals surface area contributed by atoms with E-state index in [4.69, 9.17) is 16.7 Å². The molecule has 0 saturated carbocycles. The van der Waals surface area contributed by atoms with Gasteiger partial charge in [0, 0.05) is 24.8 Å². The fraction of sp³-hybridized carbons (Fsp3) is 0.148. The van der Waals surface area contributed by atoms with Crippen molar-refractivity contribution in [2.75, 3.05) is 13.1 Å². The molecule has 0 unspecified atom stereocenters. The molecule has 4 aromatic rings. The molecule has 34 heavy (non-hydrogen) atoms. The Balaban J connectivity index is 1.45. The number of halogens is 1. The Morgan fingerprint density at radius 1 is 0.824 bits per heavy atom. The van der Waals surface area contributed by atoms with Crippen molar-refractivity contribution in [2.45, 2.75) is 13.5 Å². The molecule has 0 spiro atoms. The number of hydrogen-bond donors (Lipinski definition) is 2. The first kappa shape index (κ1) is 23.3. The topological polar surface area (TPSA) is 76.0 Å². The van der Waals surface area contributed by atoms with Crippen LogP contribution in [0.5, 0.6) is 0 Å². The van der Waals surface area contributed by atoms with Crippen molar-refractivity contribution in [3.8, 4) is 11.3 Å². The minimum absolute atomic E-state index is 0.248. The number of aryl methyl sites for hydroxylation is 1. The zero-order valence-electron chi connectivity index (χ0n) is 18.8. The maximum atomic E-state index is 13.0. The highest BCUT2D eigenvalue weighted by molar-refractivity contribution is 6.33. The third-order valence-corrected chi connectivity index (χ3v) is 5.66. The maximum Gasteiger partial charge on any atom is 0.255 e. The largest absolute Gasteiger partial charge is 0.350 e. The highest BCUT2D eigenvalue weighted by atomic mass is 35.5. The molecular formula is C27H25ClN4O2. The number of carbonyl (C=O) groups excluding carboxylic acids is 2. The van der Waals surface area contributed by atoms with Crippen molar-refractivity contribution in [1.29, 1.82) is 0 Å². The molecule has 0 saturated heterocycles. The molecule has 0 atom stereocenters. The monoisotopic (exact) mass is 472 g/mol. The fourth-order valence-electron chi connectivity index (χ4n) is 3.55. The van der Waals surface area contributed by atoms with Gasteiger partial charge in [0.1, 0.15) is 5.69 Å². The Labute approximate surface area is 203 Å². The highest BCUT2D eigenvalue weighted by Gasteiger charge is 2.18. The van der Waals surface area contributed by atoms with Crippen LogP contribution in [0, 0.1) is 6.92 Å². The molecule has 1 heterocycles. The first-order valence-corrected chi connectivity index (χ1v) is 11.4. The molecule has 0 bridgehead atoms. The molecular weight excluding hydrogens is 448 g/mol. The van der Waals surface area contributed by atoms with Crippen molar-refractivity contribution in [3.63, 3.8) is 0 Å². The molecule has 4 rings (SSSR count). The second kappa shape index (κ2) is 10.8. The summed E-state index contributed by atoms with van der Waals surface area (Å²) >= 11 is 6.07. The molecule has 3 aromatic carbocycles. The van der Waals surface area contributed by atoms with Crippen LogP contribution in [-0.2, 0) is 6.54 Å². The number of rotatable bonds is 8. The summed E-state index contributed by atoms with van der Waals surface area (Å²) in [5.74, 6) is -0.530. The quantitative estimate of drug-likeness (QED) is 0.364. The number of hydrogen-bond acceptors (Lipinski definition) is 3. The zero-order valence-corrected chi connectivity index (χ0v) is 19.5. The molecule has 0 fully saturated rings. The Morgan fingerprint density at radius 3 is 2.12 bits per heavy atom. The molecule has 1 aromatic heterocycles. The van der Waals surface area contributed by atoms with Crippen LogP contribution in [0.2, 0.25) is 5.02 Å². The lowest BCUT2D eigenvalue weighted by Gasteiger charge is -2.08. The van der Waals surface area contributed by atoms with Crippen molar-refractivity contribution in [3.05, 3.63) is 112 Å². The lowest BCUT2D eigenvalue weighted by atomic mass is 10.1. The average molecular weight is 473 g/mol. The highest BCUT2D eigenvalue weighted by Crippen LogP contribution is 2.23. The number of nitrogens with zero attached hydrogens (tertiary/aromatic N) is 2. The van der Waals surface area contributed by atoms with Crippen LogP contribution in [0.1, 0.15) is 31.8 Å². The third kappa shape index (κ3) is 5.71. The maximum absolute atomic E-state index is 13.0. The van der Waals surface area contributed by atoms with Crippen LogP contribution in [-0.4, -0.2) is 34.7 Å². The normalized spacial score (nSPS) is 10.6. The van der Waals surface area contributed by atoms with Gasteiger partial charge in [-0.1, -0.05) is 83.9 Å². The van der Waals surface area contributed by atoms with Gasteiger partial charge < -0.3 is 10.6 Å². The molecule has 7 heteroatoms. The van der Waals surface area contributed by atoms with Crippen LogP contribution < -0.4 is 10.6 Å². The first-order chi connectivity index (χ1) is 16.5. The summed E-state index contributed by atoms with van der Waals surface area (Å²) in [6, 6.07) is 24.7. The van der Waals surface area contributed by atoms with Gasteiger partial charge in [0.05, 0.1) is 22.7 Å². The van der Waals surface area contributed by atoms with Gasteiger partial charge in [-0.05, 0) is 24.6 Å². The molecule has 172 valence electrons. The van der Waals surface area contributed by atoms with E-state index >= 15 is 0 Å². The second-order valence-electron chi connectivity index (χ2n) is 7.93. The van der Waals surface area contributed by atoms with E-state index in [0.29, 0.717) is 28.4 Å². The van der Waals surface area contributed by atoms with E-state index in [1.807, 2.05) is 61.5 Å². The lowest BCUT2D eigenvalue weighted by molar-refractivity contribution is 0.0928. The van der Waals surface area contributed by atoms with E-state index in [-0.39, 0.29) is 24.9 Å². The van der Waals surface area contributed by atoms with E-state index in [1.165, 1.54) is 0 Å². The molecule has 0 radical (unpaired) electrons. The zero-order chi connectivity index (χ0) is 23.9. The summed E-state index contributed by atoms with van der Waals surface area (Å²) in [7, 11) is 0. The molecule has 0 aliphatic heterocycles. The molecule has 2 N–H and O–H groups in total. The fourth-order valence-corrected chi connectivity index (χ4v) is 3.77. The van der Waals surface area contributed by atoms with Gasteiger partial charge in [-0.3, -0.25) is 14.3 Å². The van der Waals surface area contributed by atoms with Crippen LogP contribution in [0.25, 0.3) is 11.3 Å². The van der Waals surface area contributed by atoms with Crippen molar-refractivity contribution < 1.29 is 9.59 Å². The summed E-state index contributed by atoms with van der Waals surface area (Å²) in [4.78, 5) is 25.3. The predicted octanol–water partition coefficient (Wildman–Crippen LogP) is 4.72. The second-order valence-corrected chi connectivity index (χ2v) is 8.34. The molecule has 2 amide bonds. The van der Waals surface area contributed by atoms with E-state index < -0.39 is 0 Å². The third-order valence-electron chi connectivity index (χ3n) is 5.33. The van der Waals surface area contributed by atoms with Crippen LogP contribution in [0.4, 0.5) is 0 Å². The van der Waals surface area contributed by atoms with E-state index in [9.17, 15) is 9.59 Å². The molecule has 6 nitrogen and oxygen atoms in total. The Bertz CT molecular complexity index is 1280. The van der Waals surface area contributed by atoms with Crippen LogP contribution in [0.3, 0.4) is 0 Å². The van der Waals surface area contributed by atoms with E-state index in [0.717, 1.165) is 16.7 Å². The summed E-state index contributed by atoms with van der Waals surface area (Å²) in [6.45, 7) is 3.11. The molecule has 0 aliphatic carbocycles. The summed E-state index contributed by atoms with van der Waals surface area (Å²) in [5, 5.41) is 10.7. The Morgan fingerprint density at radius 2 is 1.44 bits per heavy atom. The molecule has 0 aliphatic rings. The SMILES string of the molecule is Cc1ccc(-c2nn(Cc3ccccc3)cc2C(=O)NCCNC(=O)c2ccccc2Cl)cc1. The average Bonchev–Trinajstić information content (AvgIpc) is 3.26. The number of aromatic nitrogens is 2. The number of amides is 2. The number of benzene rings is 3. The summed E-state index contributed by atoms with van der Waals surface area (Å²) in [6.07, 6.45) is 1.76. The summed E-state index contributed by atoms with van der Waals surface area (Å²) in [5.41, 5.74) is 4.60. The van der Waals surface area contributed by atoms with Gasteiger partial charge in [0.2, 0.25) is 0 Å². The van der Waals surface area contributed by atoms with Gasteiger partial charge >= 0.3 is 0 Å². The lowest BCUT2D eigenvalue weighted by Crippen LogP contribution is -2.34. The smallest absolute Gasteiger partial charge is 0.255 e. The number of nitrogens with one attached hydrogen (secondary N) is 2. The van der Waals surface area contributed by atoms with Gasteiger partial charge in [0.25, 0.3) is 11.8 Å². The van der Waals surface area contributed by atoms with Crippen molar-refractivity contribution in [1.82, 2.24) is 20.4 Å². The van der Waals surface area contributed by atoms with Crippen LogP contribution in [0.15, 0.2) is 85.1 Å². The number of carbonyl (C=O) groups is 2. The van der Waals surface area contributed by atoms with E-state index in [1.54, 1.807) is 35.1 Å². The van der Waals surface area contributed by atoms with Gasteiger partial charge in [0.15, 0.2) is 0 Å². The standard InChI is InChI=1S/C27H25ClN4O2/c1-19-11-13-21(14-12-19)25-23(18-32(31-25)17-20-7-3-2-4-8-20)27(34)30-16-15-29-26(33)22-9-5-6-10-24(22)28/h2-14,18H,15-17H2,1H3,(H,29,33)(H,30,34). The van der Waals surface area contributed by atoms with E-state index in [2.05, 4.69) is 10.6 Å². The Hall–Kier alpha value is -3.90. The summed E-state index contributed by atoms with van der Waals surface area (Å²) < 4.78 is 1.78. The van der Waals surface area contributed by atoms with Gasteiger partial charge in [-0.2, -0.15) is 5.10 Å². The first-order valence-electron chi connectivity index (χ1n) is 11.0. The minimum Gasteiger partial charge on any atom is -0.350 e. The van der Waals surface area contributed by atoms with Gasteiger partial charge in [-0.15, -0.1) is 0 Å². The van der Waals surface area contributed by atoms with Crippen LogP contribution >= 0.6 is 11.6 Å². The van der Waals surface area contributed by atoms with Crippen molar-refractivity contribution >= 4 is 23.4 Å². The van der Waals surface area contributed by atoms with Crippen molar-refractivity contribution in [2.24, 2.45) is 0 Å².